The van der Waals surface area contributed by atoms with Crippen LogP contribution in [0, 0.1) is 0 Å². The van der Waals surface area contributed by atoms with Crippen molar-refractivity contribution in [1.82, 2.24) is 9.55 Å². The number of nitrogens with zero attached hydrogens (tertiary/aromatic N) is 3. The molecule has 1 unspecified atom stereocenters. The van der Waals surface area contributed by atoms with E-state index >= 15 is 0 Å². The molecule has 1 atom stereocenters. The summed E-state index contributed by atoms with van der Waals surface area (Å²) >= 11 is 1.39. The summed E-state index contributed by atoms with van der Waals surface area (Å²) in [5.74, 6) is 0.193. The molecule has 1 aliphatic heterocycles. The average molecular weight is 443 g/mol. The van der Waals surface area contributed by atoms with Gasteiger partial charge in [-0.1, -0.05) is 42.1 Å². The third-order valence-corrected chi connectivity index (χ3v) is 7.14. The number of aromatic nitrogens is 2. The summed E-state index contributed by atoms with van der Waals surface area (Å²) < 4.78 is 25.2. The van der Waals surface area contributed by atoms with E-state index in [0.717, 1.165) is 27.7 Å². The predicted molar refractivity (Wildman–Crippen MR) is 118 cm³/mol. The number of thioether (sulfide) groups is 1. The van der Waals surface area contributed by atoms with Gasteiger partial charge in [-0.25, -0.2) is 18.5 Å². The topological polar surface area (TPSA) is 98.3 Å². The first-order valence-corrected chi connectivity index (χ1v) is 12.0. The maximum atomic E-state index is 13.0. The quantitative estimate of drug-likeness (QED) is 0.613. The molecule has 156 valence electrons. The van der Waals surface area contributed by atoms with Crippen molar-refractivity contribution in [2.24, 2.45) is 12.2 Å². The van der Waals surface area contributed by atoms with Gasteiger partial charge in [-0.15, -0.1) is 0 Å². The number of hydrogen-bond acceptors (Lipinski definition) is 5. The van der Waals surface area contributed by atoms with Gasteiger partial charge in [-0.2, -0.15) is 0 Å². The molecule has 0 aliphatic carbocycles. The molecule has 9 heteroatoms. The van der Waals surface area contributed by atoms with E-state index in [-0.39, 0.29) is 22.6 Å². The lowest BCUT2D eigenvalue weighted by Gasteiger charge is -2.22. The number of imidazole rings is 1. The van der Waals surface area contributed by atoms with Crippen LogP contribution in [0.25, 0.3) is 11.3 Å². The Labute approximate surface area is 180 Å². The van der Waals surface area contributed by atoms with Crippen LogP contribution in [0.5, 0.6) is 0 Å². The van der Waals surface area contributed by atoms with Crippen molar-refractivity contribution in [3.63, 3.8) is 0 Å². The van der Waals surface area contributed by atoms with E-state index in [1.54, 1.807) is 17.0 Å². The second-order valence-corrected chi connectivity index (χ2v) is 9.80. The zero-order valence-corrected chi connectivity index (χ0v) is 18.3. The number of nitrogens with two attached hydrogens (primary N) is 1. The molecule has 0 fully saturated rings. The Bertz CT molecular complexity index is 1210. The average Bonchev–Trinajstić information content (AvgIpc) is 3.24. The summed E-state index contributed by atoms with van der Waals surface area (Å²) in [5.41, 5.74) is 3.61. The van der Waals surface area contributed by atoms with Crippen molar-refractivity contribution in [3.8, 4) is 11.3 Å². The van der Waals surface area contributed by atoms with Gasteiger partial charge < -0.3 is 9.47 Å². The minimum absolute atomic E-state index is 0.0427. The number of carbonyl (C=O) groups excluding carboxylic acids is 1. The van der Waals surface area contributed by atoms with Crippen molar-refractivity contribution in [3.05, 3.63) is 60.3 Å². The van der Waals surface area contributed by atoms with E-state index in [1.807, 2.05) is 55.1 Å². The lowest BCUT2D eigenvalue weighted by Crippen LogP contribution is -2.37. The molecule has 2 N–H and O–H groups in total. The number of carbonyl (C=O) groups is 1. The number of amides is 1. The zero-order valence-electron chi connectivity index (χ0n) is 16.6. The van der Waals surface area contributed by atoms with Gasteiger partial charge in [0.1, 0.15) is 0 Å². The number of anilines is 1. The molecule has 30 heavy (non-hydrogen) atoms. The summed E-state index contributed by atoms with van der Waals surface area (Å²) in [5, 5.41) is 5.99. The third-order valence-electron chi connectivity index (χ3n) is 5.20. The highest BCUT2D eigenvalue weighted by Crippen LogP contribution is 2.34. The van der Waals surface area contributed by atoms with Crippen molar-refractivity contribution in [2.75, 3.05) is 10.7 Å². The highest BCUT2D eigenvalue weighted by Gasteiger charge is 2.31. The molecule has 0 saturated heterocycles. The Morgan fingerprint density at radius 2 is 1.97 bits per heavy atom. The number of hydrogen-bond donors (Lipinski definition) is 1. The Morgan fingerprint density at radius 1 is 1.23 bits per heavy atom. The van der Waals surface area contributed by atoms with Crippen LogP contribution < -0.4 is 10.0 Å². The smallest absolute Gasteiger partial charge is 0.238 e. The first-order valence-electron chi connectivity index (χ1n) is 9.43. The van der Waals surface area contributed by atoms with Gasteiger partial charge in [-0.05, 0) is 42.7 Å². The lowest BCUT2D eigenvalue weighted by molar-refractivity contribution is -0.116. The summed E-state index contributed by atoms with van der Waals surface area (Å²) in [6, 6.07) is 14.6. The van der Waals surface area contributed by atoms with Gasteiger partial charge in [0.05, 0.1) is 22.5 Å². The molecule has 1 aromatic heterocycles. The Hall–Kier alpha value is -2.62. The maximum absolute atomic E-state index is 13.0. The molecule has 1 aliphatic rings. The summed E-state index contributed by atoms with van der Waals surface area (Å²) in [7, 11) is -1.83. The van der Waals surface area contributed by atoms with E-state index in [2.05, 4.69) is 4.98 Å². The van der Waals surface area contributed by atoms with Crippen molar-refractivity contribution in [1.29, 1.82) is 0 Å². The van der Waals surface area contributed by atoms with E-state index in [9.17, 15) is 13.2 Å². The van der Waals surface area contributed by atoms with Gasteiger partial charge in [0.2, 0.25) is 15.9 Å². The van der Waals surface area contributed by atoms with Gasteiger partial charge in [0.15, 0.2) is 5.16 Å². The fourth-order valence-corrected chi connectivity index (χ4v) is 5.14. The molecule has 2 aromatic carbocycles. The van der Waals surface area contributed by atoms with Crippen LogP contribution in [0.2, 0.25) is 0 Å². The summed E-state index contributed by atoms with van der Waals surface area (Å²) in [4.78, 5) is 19.3. The summed E-state index contributed by atoms with van der Waals surface area (Å²) in [6.07, 6.45) is 2.40. The first-order chi connectivity index (χ1) is 14.3. The first kappa shape index (κ1) is 20.6. The molecule has 0 spiro atoms. The van der Waals surface area contributed by atoms with Gasteiger partial charge in [-0.3, -0.25) is 4.79 Å². The van der Waals surface area contributed by atoms with Gasteiger partial charge in [0.25, 0.3) is 0 Å². The van der Waals surface area contributed by atoms with Crippen molar-refractivity contribution in [2.45, 2.75) is 29.4 Å². The Morgan fingerprint density at radius 3 is 2.67 bits per heavy atom. The normalized spacial score (nSPS) is 16.0. The van der Waals surface area contributed by atoms with Crippen LogP contribution in [0.1, 0.15) is 12.5 Å². The summed E-state index contributed by atoms with van der Waals surface area (Å²) in [6.45, 7) is 1.95. The molecule has 4 rings (SSSR count). The molecule has 3 aromatic rings. The maximum Gasteiger partial charge on any atom is 0.238 e. The van der Waals surface area contributed by atoms with Crippen LogP contribution in [-0.2, 0) is 28.3 Å². The minimum Gasteiger partial charge on any atom is -0.322 e. The molecule has 0 radical (unpaired) electrons. The molecule has 1 amide bonds. The van der Waals surface area contributed by atoms with Crippen LogP contribution in [0.3, 0.4) is 0 Å². The van der Waals surface area contributed by atoms with E-state index in [1.165, 1.54) is 17.8 Å². The Kier molecular flexibility index (Phi) is 5.44. The van der Waals surface area contributed by atoms with E-state index in [0.29, 0.717) is 6.42 Å². The monoisotopic (exact) mass is 442 g/mol. The Balaban J connectivity index is 1.50. The van der Waals surface area contributed by atoms with Crippen LogP contribution in [0.15, 0.2) is 64.8 Å². The molecular formula is C21H22N4O3S2. The second-order valence-electron chi connectivity index (χ2n) is 7.29. The molecule has 2 heterocycles. The van der Waals surface area contributed by atoms with E-state index < -0.39 is 10.0 Å². The standard InChI is InChI=1S/C21H22N4O3S2/c1-14-10-16-11-17(30(22,27)28)8-9-18(16)25(14)20(26)13-29-21-23-12-19(24(21)2)15-6-4-3-5-7-15/h3-9,11-12,14H,10,13H2,1-2H3,(H2,22,27,28). The SMILES string of the molecule is CC1Cc2cc(S(N)(=O)=O)ccc2N1C(=O)CSc1ncc(-c2ccccc2)n1C. The second kappa shape index (κ2) is 7.90. The highest BCUT2D eigenvalue weighted by molar-refractivity contribution is 7.99. The lowest BCUT2D eigenvalue weighted by atomic mass is 10.1. The zero-order chi connectivity index (χ0) is 21.5. The van der Waals surface area contributed by atoms with Crippen molar-refractivity contribution < 1.29 is 13.2 Å². The highest BCUT2D eigenvalue weighted by atomic mass is 32.2. The fourth-order valence-electron chi connectivity index (χ4n) is 3.76. The molecule has 0 bridgehead atoms. The molecule has 7 nitrogen and oxygen atoms in total. The number of benzene rings is 2. The number of primary sulfonamides is 1. The third kappa shape index (κ3) is 3.88. The van der Waals surface area contributed by atoms with Crippen LogP contribution in [-0.4, -0.2) is 35.7 Å². The molecule has 0 saturated carbocycles. The number of sulfonamides is 1. The number of rotatable bonds is 5. The van der Waals surface area contributed by atoms with E-state index in [4.69, 9.17) is 5.14 Å². The predicted octanol–water partition coefficient (Wildman–Crippen LogP) is 2.80. The molecular weight excluding hydrogens is 420 g/mol. The largest absolute Gasteiger partial charge is 0.322 e. The van der Waals surface area contributed by atoms with Gasteiger partial charge in [0, 0.05) is 18.8 Å². The van der Waals surface area contributed by atoms with Gasteiger partial charge >= 0.3 is 0 Å². The fraction of sp³-hybridized carbons (Fsp3) is 0.238. The van der Waals surface area contributed by atoms with Crippen LogP contribution >= 0.6 is 11.8 Å². The number of fused-ring (bicyclic) bond motifs is 1. The minimum atomic E-state index is -3.77. The van der Waals surface area contributed by atoms with Crippen LogP contribution in [0.4, 0.5) is 5.69 Å². The van der Waals surface area contributed by atoms with Crippen molar-refractivity contribution >= 4 is 33.4 Å².